The normalized spacial score (nSPS) is 15.4. The van der Waals surface area contributed by atoms with Crippen molar-refractivity contribution in [1.29, 1.82) is 0 Å². The standard InChI is InChI=1S/C22H20O/c1-2-17-11-8-14-21-22(17)19(15-16-9-4-3-5-10-16)18-12-6-7-13-20(18)23-21/h3-14,19H,2,15H2,1H3. The molecular formula is C22H20O. The molecule has 0 spiro atoms. The van der Waals surface area contributed by atoms with E-state index in [1.807, 2.05) is 6.07 Å². The quantitative estimate of drug-likeness (QED) is 0.600. The molecule has 0 aromatic heterocycles. The Morgan fingerprint density at radius 1 is 0.783 bits per heavy atom. The molecule has 1 aliphatic heterocycles. The number of fused-ring (bicyclic) bond motifs is 2. The van der Waals surface area contributed by atoms with E-state index >= 15 is 0 Å². The maximum Gasteiger partial charge on any atom is 0.131 e. The van der Waals surface area contributed by atoms with E-state index in [2.05, 4.69) is 73.7 Å². The molecule has 1 atom stereocenters. The molecule has 0 saturated heterocycles. The lowest BCUT2D eigenvalue weighted by Crippen LogP contribution is -2.14. The summed E-state index contributed by atoms with van der Waals surface area (Å²) in [5, 5.41) is 0. The zero-order chi connectivity index (χ0) is 15.6. The zero-order valence-corrected chi connectivity index (χ0v) is 13.3. The average Bonchev–Trinajstić information content (AvgIpc) is 2.61. The van der Waals surface area contributed by atoms with Crippen molar-refractivity contribution < 1.29 is 4.74 Å². The van der Waals surface area contributed by atoms with Gasteiger partial charge in [-0.3, -0.25) is 0 Å². The molecule has 1 heteroatoms. The highest BCUT2D eigenvalue weighted by Gasteiger charge is 2.28. The predicted molar refractivity (Wildman–Crippen MR) is 94.3 cm³/mol. The van der Waals surface area contributed by atoms with Crippen molar-refractivity contribution in [3.8, 4) is 11.5 Å². The minimum atomic E-state index is 0.355. The fraction of sp³-hybridized carbons (Fsp3) is 0.182. The van der Waals surface area contributed by atoms with Crippen molar-refractivity contribution in [2.75, 3.05) is 0 Å². The summed E-state index contributed by atoms with van der Waals surface area (Å²) in [5.41, 5.74) is 5.41. The second-order valence-electron chi connectivity index (χ2n) is 6.06. The van der Waals surface area contributed by atoms with Crippen LogP contribution in [0.15, 0.2) is 72.8 Å². The van der Waals surface area contributed by atoms with Gasteiger partial charge in [-0.2, -0.15) is 0 Å². The van der Waals surface area contributed by atoms with Gasteiger partial charge in [0, 0.05) is 17.0 Å². The molecule has 0 N–H and O–H groups in total. The van der Waals surface area contributed by atoms with Gasteiger partial charge in [-0.1, -0.05) is 67.6 Å². The van der Waals surface area contributed by atoms with Crippen LogP contribution in [0.25, 0.3) is 0 Å². The van der Waals surface area contributed by atoms with Crippen LogP contribution in [0, 0.1) is 0 Å². The maximum absolute atomic E-state index is 6.19. The van der Waals surface area contributed by atoms with Gasteiger partial charge in [0.2, 0.25) is 0 Å². The summed E-state index contributed by atoms with van der Waals surface area (Å²) in [4.78, 5) is 0. The maximum atomic E-state index is 6.19. The van der Waals surface area contributed by atoms with E-state index in [-0.39, 0.29) is 0 Å². The minimum Gasteiger partial charge on any atom is -0.457 e. The van der Waals surface area contributed by atoms with Gasteiger partial charge in [0.15, 0.2) is 0 Å². The van der Waals surface area contributed by atoms with E-state index in [0.29, 0.717) is 5.92 Å². The first-order chi connectivity index (χ1) is 11.4. The molecule has 1 unspecified atom stereocenters. The highest BCUT2D eigenvalue weighted by atomic mass is 16.5. The van der Waals surface area contributed by atoms with Crippen LogP contribution in [0.5, 0.6) is 11.5 Å². The third kappa shape index (κ3) is 2.53. The summed E-state index contributed by atoms with van der Waals surface area (Å²) in [6.45, 7) is 2.22. The molecule has 1 nitrogen and oxygen atoms in total. The molecule has 0 amide bonds. The van der Waals surface area contributed by atoms with Gasteiger partial charge in [-0.25, -0.2) is 0 Å². The number of rotatable bonds is 3. The highest BCUT2D eigenvalue weighted by molar-refractivity contribution is 5.56. The second kappa shape index (κ2) is 5.92. The van der Waals surface area contributed by atoms with Crippen molar-refractivity contribution in [3.63, 3.8) is 0 Å². The molecule has 1 heterocycles. The fourth-order valence-electron chi connectivity index (χ4n) is 3.58. The number of hydrogen-bond donors (Lipinski definition) is 0. The van der Waals surface area contributed by atoms with E-state index in [0.717, 1.165) is 24.3 Å². The van der Waals surface area contributed by atoms with E-state index in [1.165, 1.54) is 22.3 Å². The molecule has 1 aliphatic rings. The Hall–Kier alpha value is -2.54. The molecule has 4 rings (SSSR count). The average molecular weight is 300 g/mol. The Kier molecular flexibility index (Phi) is 3.63. The van der Waals surface area contributed by atoms with Crippen LogP contribution in [0.1, 0.15) is 35.1 Å². The lowest BCUT2D eigenvalue weighted by Gasteiger charge is -2.30. The van der Waals surface area contributed by atoms with Crippen molar-refractivity contribution in [3.05, 3.63) is 95.1 Å². The molecule has 3 aromatic carbocycles. The third-order valence-corrected chi connectivity index (χ3v) is 4.68. The van der Waals surface area contributed by atoms with E-state index in [1.54, 1.807) is 0 Å². The van der Waals surface area contributed by atoms with Gasteiger partial charge in [0.1, 0.15) is 11.5 Å². The Balaban J connectivity index is 1.86. The van der Waals surface area contributed by atoms with Crippen molar-refractivity contribution in [2.45, 2.75) is 25.7 Å². The first-order valence-corrected chi connectivity index (χ1v) is 8.29. The van der Waals surface area contributed by atoms with Crippen molar-refractivity contribution in [1.82, 2.24) is 0 Å². The molecule has 0 radical (unpaired) electrons. The smallest absolute Gasteiger partial charge is 0.131 e. The molecular weight excluding hydrogens is 280 g/mol. The summed E-state index contributed by atoms with van der Waals surface area (Å²) < 4.78 is 6.19. The van der Waals surface area contributed by atoms with Gasteiger partial charge >= 0.3 is 0 Å². The van der Waals surface area contributed by atoms with Gasteiger partial charge in [-0.15, -0.1) is 0 Å². The Bertz CT molecular complexity index is 820. The first-order valence-electron chi connectivity index (χ1n) is 8.29. The Morgan fingerprint density at radius 2 is 1.52 bits per heavy atom. The molecule has 0 fully saturated rings. The summed E-state index contributed by atoms with van der Waals surface area (Å²) in [5.74, 6) is 2.37. The SMILES string of the molecule is CCc1cccc2c1C(Cc1ccccc1)c1ccccc1O2. The molecule has 0 aliphatic carbocycles. The van der Waals surface area contributed by atoms with Crippen LogP contribution < -0.4 is 4.74 Å². The van der Waals surface area contributed by atoms with Crippen LogP contribution in [0.2, 0.25) is 0 Å². The number of aryl methyl sites for hydroxylation is 1. The van der Waals surface area contributed by atoms with Gasteiger partial charge in [0.05, 0.1) is 0 Å². The summed E-state index contributed by atoms with van der Waals surface area (Å²) >= 11 is 0. The van der Waals surface area contributed by atoms with Crippen LogP contribution in [0.4, 0.5) is 0 Å². The van der Waals surface area contributed by atoms with E-state index < -0.39 is 0 Å². The molecule has 114 valence electrons. The largest absolute Gasteiger partial charge is 0.457 e. The van der Waals surface area contributed by atoms with E-state index in [4.69, 9.17) is 4.74 Å². The fourth-order valence-corrected chi connectivity index (χ4v) is 3.58. The van der Waals surface area contributed by atoms with Gasteiger partial charge in [0.25, 0.3) is 0 Å². The first kappa shape index (κ1) is 14.1. The lowest BCUT2D eigenvalue weighted by atomic mass is 9.81. The molecule has 0 saturated carbocycles. The summed E-state index contributed by atoms with van der Waals surface area (Å²) in [7, 11) is 0. The van der Waals surface area contributed by atoms with E-state index in [9.17, 15) is 0 Å². The van der Waals surface area contributed by atoms with Crippen molar-refractivity contribution >= 4 is 0 Å². The summed E-state index contributed by atoms with van der Waals surface area (Å²) in [6.07, 6.45) is 2.03. The summed E-state index contributed by atoms with van der Waals surface area (Å²) in [6, 6.07) is 25.6. The van der Waals surface area contributed by atoms with Crippen LogP contribution >= 0.6 is 0 Å². The third-order valence-electron chi connectivity index (χ3n) is 4.68. The van der Waals surface area contributed by atoms with Crippen LogP contribution in [-0.4, -0.2) is 0 Å². The number of para-hydroxylation sites is 1. The topological polar surface area (TPSA) is 9.23 Å². The molecule has 0 bridgehead atoms. The predicted octanol–water partition coefficient (Wildman–Crippen LogP) is 5.73. The van der Waals surface area contributed by atoms with Crippen LogP contribution in [-0.2, 0) is 12.8 Å². The number of ether oxygens (including phenoxy) is 1. The second-order valence-corrected chi connectivity index (χ2v) is 6.06. The highest BCUT2D eigenvalue weighted by Crippen LogP contribution is 2.46. The monoisotopic (exact) mass is 300 g/mol. The minimum absolute atomic E-state index is 0.355. The molecule has 23 heavy (non-hydrogen) atoms. The zero-order valence-electron chi connectivity index (χ0n) is 13.3. The molecule has 3 aromatic rings. The van der Waals surface area contributed by atoms with Gasteiger partial charge < -0.3 is 4.74 Å². The van der Waals surface area contributed by atoms with Gasteiger partial charge in [-0.05, 0) is 36.1 Å². The Labute approximate surface area is 137 Å². The van der Waals surface area contributed by atoms with Crippen molar-refractivity contribution in [2.24, 2.45) is 0 Å². The van der Waals surface area contributed by atoms with Crippen LogP contribution in [0.3, 0.4) is 0 Å². The Morgan fingerprint density at radius 3 is 2.35 bits per heavy atom. The number of benzene rings is 3. The number of hydrogen-bond acceptors (Lipinski definition) is 1. The lowest BCUT2D eigenvalue weighted by molar-refractivity contribution is 0.443.